The number of hydrogen-bond acceptors (Lipinski definition) is 4. The van der Waals surface area contributed by atoms with Crippen LogP contribution in [0.3, 0.4) is 0 Å². The second kappa shape index (κ2) is 6.32. The van der Waals surface area contributed by atoms with E-state index in [0.29, 0.717) is 25.7 Å². The first-order valence-electron chi connectivity index (χ1n) is 7.57. The van der Waals surface area contributed by atoms with Gasteiger partial charge in [-0.25, -0.2) is 29.9 Å². The zero-order chi connectivity index (χ0) is 16.6. The second-order valence-electron chi connectivity index (χ2n) is 6.43. The van der Waals surface area contributed by atoms with Gasteiger partial charge in [0.1, 0.15) is 0 Å². The Morgan fingerprint density at radius 3 is 2.32 bits per heavy atom. The van der Waals surface area contributed by atoms with E-state index in [4.69, 9.17) is 0 Å². The average Bonchev–Trinajstić information content (AvgIpc) is 2.61. The molecule has 0 spiro atoms. The first-order chi connectivity index (χ1) is 10.0. The molecule has 0 bridgehead atoms. The molecule has 1 aliphatic carbocycles. The van der Waals surface area contributed by atoms with Crippen LogP contribution >= 0.6 is 0 Å². The minimum atomic E-state index is -3.87. The maximum Gasteiger partial charge on any atom is 0.251 e. The topological polar surface area (TPSA) is 71.5 Å². The predicted octanol–water partition coefficient (Wildman–Crippen LogP) is 1.65. The molecule has 9 heteroatoms. The van der Waals surface area contributed by atoms with Gasteiger partial charge in [0.05, 0.1) is 11.0 Å². The van der Waals surface area contributed by atoms with Crippen molar-refractivity contribution < 1.29 is 25.6 Å². The molecule has 1 heterocycles. The molecule has 1 saturated carbocycles. The molecule has 1 aliphatic heterocycles. The van der Waals surface area contributed by atoms with Gasteiger partial charge in [-0.1, -0.05) is 6.42 Å². The third kappa shape index (κ3) is 4.17. The SMILES string of the molecule is CS(=O)(=O)C1CCCCN(S(=O)(=O)CC2CCCC2(F)F)C1. The van der Waals surface area contributed by atoms with Gasteiger partial charge in [-0.2, -0.15) is 0 Å². The Hall–Kier alpha value is -0.280. The summed E-state index contributed by atoms with van der Waals surface area (Å²) in [6.45, 7) is 0.103. The lowest BCUT2D eigenvalue weighted by atomic mass is 10.1. The number of rotatable bonds is 4. The molecule has 22 heavy (non-hydrogen) atoms. The predicted molar refractivity (Wildman–Crippen MR) is 80.1 cm³/mol. The van der Waals surface area contributed by atoms with Crippen LogP contribution in [0.2, 0.25) is 0 Å². The van der Waals surface area contributed by atoms with Gasteiger partial charge in [-0.15, -0.1) is 0 Å². The highest BCUT2D eigenvalue weighted by Gasteiger charge is 2.47. The quantitative estimate of drug-likeness (QED) is 0.765. The molecule has 0 aromatic rings. The van der Waals surface area contributed by atoms with E-state index in [9.17, 15) is 25.6 Å². The highest BCUT2D eigenvalue weighted by molar-refractivity contribution is 7.91. The molecule has 0 aromatic heterocycles. The van der Waals surface area contributed by atoms with Crippen molar-refractivity contribution in [2.24, 2.45) is 5.92 Å². The lowest BCUT2D eigenvalue weighted by Gasteiger charge is -2.26. The van der Waals surface area contributed by atoms with Crippen LogP contribution in [0.1, 0.15) is 38.5 Å². The molecule has 2 rings (SSSR count). The molecule has 1 saturated heterocycles. The lowest BCUT2D eigenvalue weighted by Crippen LogP contribution is -2.42. The van der Waals surface area contributed by atoms with Crippen molar-refractivity contribution in [1.29, 1.82) is 0 Å². The summed E-state index contributed by atoms with van der Waals surface area (Å²) in [5.74, 6) is -4.68. The maximum absolute atomic E-state index is 13.7. The summed E-state index contributed by atoms with van der Waals surface area (Å²) in [5, 5.41) is -0.742. The minimum absolute atomic E-state index is 0.112. The largest absolute Gasteiger partial charge is 0.251 e. The van der Waals surface area contributed by atoms with Crippen molar-refractivity contribution >= 4 is 19.9 Å². The molecule has 2 unspecified atom stereocenters. The molecule has 0 aromatic carbocycles. The van der Waals surface area contributed by atoms with E-state index in [1.807, 2.05) is 0 Å². The number of hydrogen-bond donors (Lipinski definition) is 0. The highest BCUT2D eigenvalue weighted by Crippen LogP contribution is 2.41. The fourth-order valence-corrected chi connectivity index (χ4v) is 6.32. The van der Waals surface area contributed by atoms with Crippen LogP contribution in [-0.4, -0.2) is 57.4 Å². The Morgan fingerprint density at radius 1 is 1.09 bits per heavy atom. The Morgan fingerprint density at radius 2 is 1.77 bits per heavy atom. The van der Waals surface area contributed by atoms with E-state index in [2.05, 4.69) is 0 Å². The summed E-state index contributed by atoms with van der Waals surface area (Å²) in [6, 6.07) is 0. The third-order valence-electron chi connectivity index (χ3n) is 4.66. The number of sulfone groups is 1. The van der Waals surface area contributed by atoms with Crippen LogP contribution in [-0.2, 0) is 19.9 Å². The van der Waals surface area contributed by atoms with Crippen LogP contribution in [0.4, 0.5) is 8.78 Å². The minimum Gasteiger partial charge on any atom is -0.229 e. The molecule has 130 valence electrons. The van der Waals surface area contributed by atoms with Gasteiger partial charge in [0.2, 0.25) is 10.0 Å². The van der Waals surface area contributed by atoms with E-state index in [-0.39, 0.29) is 25.9 Å². The molecular formula is C13H23F2NO4S2. The molecule has 0 N–H and O–H groups in total. The standard InChI is InChI=1S/C13H23F2NO4S2/c1-21(17,18)12-6-2-3-8-16(9-12)22(19,20)10-11-5-4-7-13(11,14)15/h11-12H,2-10H2,1H3. The Labute approximate surface area is 131 Å². The van der Waals surface area contributed by atoms with Crippen molar-refractivity contribution in [2.75, 3.05) is 25.1 Å². The number of nitrogens with zero attached hydrogens (tertiary/aromatic N) is 1. The monoisotopic (exact) mass is 359 g/mol. The first kappa shape index (κ1) is 18.1. The second-order valence-corrected chi connectivity index (χ2v) is 10.8. The van der Waals surface area contributed by atoms with Crippen LogP contribution in [0.5, 0.6) is 0 Å². The smallest absolute Gasteiger partial charge is 0.229 e. The van der Waals surface area contributed by atoms with Gasteiger partial charge in [0.15, 0.2) is 9.84 Å². The highest BCUT2D eigenvalue weighted by atomic mass is 32.2. The van der Waals surface area contributed by atoms with Gasteiger partial charge in [0.25, 0.3) is 5.92 Å². The molecule has 0 amide bonds. The van der Waals surface area contributed by atoms with Gasteiger partial charge >= 0.3 is 0 Å². The third-order valence-corrected chi connectivity index (χ3v) is 8.20. The molecule has 2 aliphatic rings. The maximum atomic E-state index is 13.7. The normalized spacial score (nSPS) is 31.0. The summed E-state index contributed by atoms with van der Waals surface area (Å²) in [4.78, 5) is 0. The van der Waals surface area contributed by atoms with Crippen molar-refractivity contribution in [2.45, 2.75) is 49.7 Å². The van der Waals surface area contributed by atoms with Crippen LogP contribution in [0.15, 0.2) is 0 Å². The Bertz CT molecular complexity index is 604. The fourth-order valence-electron chi connectivity index (χ4n) is 3.24. The summed E-state index contributed by atoms with van der Waals surface area (Å²) in [5.41, 5.74) is 0. The van der Waals surface area contributed by atoms with Crippen molar-refractivity contribution in [3.05, 3.63) is 0 Å². The zero-order valence-electron chi connectivity index (χ0n) is 12.7. The molecule has 2 atom stereocenters. The molecule has 2 fully saturated rings. The van der Waals surface area contributed by atoms with Crippen molar-refractivity contribution in [1.82, 2.24) is 4.31 Å². The fraction of sp³-hybridized carbons (Fsp3) is 1.00. The zero-order valence-corrected chi connectivity index (χ0v) is 14.3. The Kier molecular flexibility index (Phi) is 5.19. The summed E-state index contributed by atoms with van der Waals surface area (Å²) >= 11 is 0. The first-order valence-corrected chi connectivity index (χ1v) is 11.1. The van der Waals surface area contributed by atoms with Crippen molar-refractivity contribution in [3.63, 3.8) is 0 Å². The summed E-state index contributed by atoms with van der Waals surface area (Å²) in [6.07, 6.45) is 2.98. The number of sulfonamides is 1. The van der Waals surface area contributed by atoms with Gasteiger partial charge in [-0.3, -0.25) is 0 Å². The van der Waals surface area contributed by atoms with Gasteiger partial charge < -0.3 is 0 Å². The lowest BCUT2D eigenvalue weighted by molar-refractivity contribution is -0.0290. The average molecular weight is 359 g/mol. The van der Waals surface area contributed by atoms with Gasteiger partial charge in [0, 0.05) is 31.7 Å². The van der Waals surface area contributed by atoms with E-state index >= 15 is 0 Å². The number of halogens is 2. The van der Waals surface area contributed by atoms with E-state index in [1.54, 1.807) is 0 Å². The summed E-state index contributed by atoms with van der Waals surface area (Å²) < 4.78 is 76.8. The van der Waals surface area contributed by atoms with Crippen LogP contribution in [0, 0.1) is 5.92 Å². The van der Waals surface area contributed by atoms with E-state index < -0.39 is 42.7 Å². The van der Waals surface area contributed by atoms with Crippen molar-refractivity contribution in [3.8, 4) is 0 Å². The van der Waals surface area contributed by atoms with Crippen LogP contribution in [0.25, 0.3) is 0 Å². The number of alkyl halides is 2. The van der Waals surface area contributed by atoms with E-state index in [0.717, 1.165) is 10.6 Å². The van der Waals surface area contributed by atoms with Gasteiger partial charge in [-0.05, 0) is 25.7 Å². The molecule has 0 radical (unpaired) electrons. The van der Waals surface area contributed by atoms with E-state index in [1.165, 1.54) is 0 Å². The summed E-state index contributed by atoms with van der Waals surface area (Å²) in [7, 11) is -7.21. The molecular weight excluding hydrogens is 336 g/mol. The molecule has 5 nitrogen and oxygen atoms in total. The Balaban J connectivity index is 2.14. The van der Waals surface area contributed by atoms with Crippen LogP contribution < -0.4 is 0 Å².